The third-order valence-corrected chi connectivity index (χ3v) is 5.62. The molecule has 0 aliphatic heterocycles. The number of hydrogen-bond donors (Lipinski definition) is 1. The minimum absolute atomic E-state index is 0.775. The molecule has 0 spiro atoms. The highest BCUT2D eigenvalue weighted by Crippen LogP contribution is 2.34. The fourth-order valence-corrected chi connectivity index (χ4v) is 4.11. The van der Waals surface area contributed by atoms with E-state index in [4.69, 9.17) is 0 Å². The maximum absolute atomic E-state index is 3.44. The third kappa shape index (κ3) is 3.27. The van der Waals surface area contributed by atoms with Crippen molar-refractivity contribution in [3.8, 4) is 0 Å². The molecule has 0 aromatic rings. The molecule has 0 heterocycles. The van der Waals surface area contributed by atoms with E-state index in [2.05, 4.69) is 38.2 Å². The highest BCUT2D eigenvalue weighted by molar-refractivity contribution is 4.88. The van der Waals surface area contributed by atoms with Crippen LogP contribution in [0.3, 0.4) is 0 Å². The van der Waals surface area contributed by atoms with Crippen molar-refractivity contribution in [3.05, 3.63) is 0 Å². The predicted octanol–water partition coefficient (Wildman–Crippen LogP) is 3.27. The van der Waals surface area contributed by atoms with Crippen LogP contribution >= 0.6 is 0 Å². The van der Waals surface area contributed by atoms with E-state index in [0.717, 1.165) is 30.0 Å². The molecule has 2 rings (SSSR count). The smallest absolute Gasteiger partial charge is 0.0123 e. The molecule has 0 bridgehead atoms. The zero-order chi connectivity index (χ0) is 13.1. The fraction of sp³-hybridized carbons (Fsp3) is 1.00. The van der Waals surface area contributed by atoms with Crippen molar-refractivity contribution in [1.82, 2.24) is 10.2 Å². The van der Waals surface area contributed by atoms with Gasteiger partial charge in [0.1, 0.15) is 0 Å². The van der Waals surface area contributed by atoms with Crippen molar-refractivity contribution in [2.75, 3.05) is 14.1 Å². The van der Waals surface area contributed by atoms with Crippen LogP contribution in [0.15, 0.2) is 0 Å². The van der Waals surface area contributed by atoms with E-state index in [0.29, 0.717) is 0 Å². The number of nitrogens with one attached hydrogen (secondary N) is 1. The topological polar surface area (TPSA) is 15.3 Å². The molecule has 2 heteroatoms. The largest absolute Gasteiger partial charge is 0.317 e. The Kier molecular flexibility index (Phi) is 5.08. The molecule has 0 radical (unpaired) electrons. The van der Waals surface area contributed by atoms with E-state index in [1.165, 1.54) is 44.9 Å². The molecular weight excluding hydrogens is 220 g/mol. The predicted molar refractivity (Wildman–Crippen MR) is 78.8 cm³/mol. The van der Waals surface area contributed by atoms with E-state index < -0.39 is 0 Å². The first-order chi connectivity index (χ1) is 8.61. The van der Waals surface area contributed by atoms with Gasteiger partial charge in [-0.2, -0.15) is 0 Å². The van der Waals surface area contributed by atoms with Gasteiger partial charge >= 0.3 is 0 Å². The van der Waals surface area contributed by atoms with E-state index in [1.807, 2.05) is 0 Å². The molecule has 0 amide bonds. The minimum Gasteiger partial charge on any atom is -0.317 e. The fourth-order valence-electron chi connectivity index (χ4n) is 4.11. The van der Waals surface area contributed by atoms with Crippen molar-refractivity contribution in [2.45, 2.75) is 76.9 Å². The average Bonchev–Trinajstić information content (AvgIpc) is 2.41. The molecule has 2 aliphatic carbocycles. The molecule has 2 aliphatic rings. The summed E-state index contributed by atoms with van der Waals surface area (Å²) in [7, 11) is 4.50. The summed E-state index contributed by atoms with van der Waals surface area (Å²) in [6.07, 6.45) is 9.80. The van der Waals surface area contributed by atoms with Gasteiger partial charge in [0.15, 0.2) is 0 Å². The quantitative estimate of drug-likeness (QED) is 0.829. The molecule has 2 fully saturated rings. The molecule has 0 aromatic carbocycles. The van der Waals surface area contributed by atoms with Crippen LogP contribution in [0.5, 0.6) is 0 Å². The van der Waals surface area contributed by atoms with Crippen LogP contribution in [-0.4, -0.2) is 37.1 Å². The van der Waals surface area contributed by atoms with Crippen molar-refractivity contribution < 1.29 is 0 Å². The summed E-state index contributed by atoms with van der Waals surface area (Å²) in [5.41, 5.74) is 0. The lowest BCUT2D eigenvalue weighted by Crippen LogP contribution is -2.48. The SMILES string of the molecule is CNC1CCC(N(C)C2CC(C)CCC2C)CC1. The summed E-state index contributed by atoms with van der Waals surface area (Å²) in [5, 5.41) is 3.44. The van der Waals surface area contributed by atoms with Crippen LogP contribution in [0.4, 0.5) is 0 Å². The first-order valence-electron chi connectivity index (χ1n) is 8.01. The van der Waals surface area contributed by atoms with Crippen LogP contribution < -0.4 is 5.32 Å². The van der Waals surface area contributed by atoms with E-state index in [1.54, 1.807) is 0 Å². The standard InChI is InChI=1S/C16H32N2/c1-12-5-6-13(2)16(11-12)18(4)15-9-7-14(17-3)8-10-15/h12-17H,5-11H2,1-4H3. The lowest BCUT2D eigenvalue weighted by atomic mass is 9.78. The van der Waals surface area contributed by atoms with Gasteiger partial charge in [0.25, 0.3) is 0 Å². The zero-order valence-electron chi connectivity index (χ0n) is 12.8. The Morgan fingerprint density at radius 3 is 2.22 bits per heavy atom. The van der Waals surface area contributed by atoms with Crippen LogP contribution in [0, 0.1) is 11.8 Å². The Morgan fingerprint density at radius 2 is 1.61 bits per heavy atom. The van der Waals surface area contributed by atoms with Crippen molar-refractivity contribution in [3.63, 3.8) is 0 Å². The molecule has 3 atom stereocenters. The molecule has 0 saturated heterocycles. The Balaban J connectivity index is 1.88. The third-order valence-electron chi connectivity index (χ3n) is 5.62. The lowest BCUT2D eigenvalue weighted by Gasteiger charge is -2.44. The second-order valence-corrected chi connectivity index (χ2v) is 6.92. The van der Waals surface area contributed by atoms with Crippen molar-refractivity contribution in [2.24, 2.45) is 11.8 Å². The van der Waals surface area contributed by atoms with Crippen LogP contribution in [0.2, 0.25) is 0 Å². The molecule has 2 nitrogen and oxygen atoms in total. The second kappa shape index (κ2) is 6.38. The molecule has 1 N–H and O–H groups in total. The number of hydrogen-bond acceptors (Lipinski definition) is 2. The summed E-state index contributed by atoms with van der Waals surface area (Å²) < 4.78 is 0. The highest BCUT2D eigenvalue weighted by atomic mass is 15.2. The summed E-state index contributed by atoms with van der Waals surface area (Å²) >= 11 is 0. The summed E-state index contributed by atoms with van der Waals surface area (Å²) in [4.78, 5) is 2.74. The summed E-state index contributed by atoms with van der Waals surface area (Å²) in [6.45, 7) is 4.90. The van der Waals surface area contributed by atoms with Gasteiger partial charge < -0.3 is 10.2 Å². The van der Waals surface area contributed by atoms with Crippen LogP contribution in [0.1, 0.15) is 58.8 Å². The number of nitrogens with zero attached hydrogens (tertiary/aromatic N) is 1. The van der Waals surface area contributed by atoms with Gasteiger partial charge in [-0.15, -0.1) is 0 Å². The molecule has 18 heavy (non-hydrogen) atoms. The summed E-state index contributed by atoms with van der Waals surface area (Å²) in [5.74, 6) is 1.83. The van der Waals surface area contributed by atoms with Gasteiger partial charge in [-0.3, -0.25) is 0 Å². The first-order valence-corrected chi connectivity index (χ1v) is 8.01. The molecular formula is C16H32N2. The molecule has 2 saturated carbocycles. The Labute approximate surface area is 114 Å². The lowest BCUT2D eigenvalue weighted by molar-refractivity contribution is 0.0576. The Bertz CT molecular complexity index is 245. The molecule has 3 unspecified atom stereocenters. The minimum atomic E-state index is 0.775. The maximum Gasteiger partial charge on any atom is 0.0123 e. The van der Waals surface area contributed by atoms with Gasteiger partial charge in [0.2, 0.25) is 0 Å². The highest BCUT2D eigenvalue weighted by Gasteiger charge is 2.33. The van der Waals surface area contributed by atoms with Gasteiger partial charge in [-0.05, 0) is 64.5 Å². The van der Waals surface area contributed by atoms with E-state index in [-0.39, 0.29) is 0 Å². The summed E-state index contributed by atoms with van der Waals surface area (Å²) in [6, 6.07) is 2.45. The van der Waals surface area contributed by atoms with Gasteiger partial charge in [-0.25, -0.2) is 0 Å². The maximum atomic E-state index is 3.44. The second-order valence-electron chi connectivity index (χ2n) is 6.92. The normalized spacial score (nSPS) is 42.2. The Morgan fingerprint density at radius 1 is 0.944 bits per heavy atom. The van der Waals surface area contributed by atoms with E-state index >= 15 is 0 Å². The number of rotatable bonds is 3. The average molecular weight is 252 g/mol. The van der Waals surface area contributed by atoms with E-state index in [9.17, 15) is 0 Å². The molecule has 106 valence electrons. The Hall–Kier alpha value is -0.0800. The van der Waals surface area contributed by atoms with Crippen LogP contribution in [-0.2, 0) is 0 Å². The van der Waals surface area contributed by atoms with Gasteiger partial charge in [-0.1, -0.05) is 20.3 Å². The van der Waals surface area contributed by atoms with Gasteiger partial charge in [0.05, 0.1) is 0 Å². The molecule has 0 aromatic heterocycles. The van der Waals surface area contributed by atoms with Crippen LogP contribution in [0.25, 0.3) is 0 Å². The van der Waals surface area contributed by atoms with Crippen molar-refractivity contribution >= 4 is 0 Å². The first kappa shape index (κ1) is 14.3. The van der Waals surface area contributed by atoms with Crippen molar-refractivity contribution in [1.29, 1.82) is 0 Å². The monoisotopic (exact) mass is 252 g/mol. The zero-order valence-corrected chi connectivity index (χ0v) is 12.8. The van der Waals surface area contributed by atoms with Gasteiger partial charge in [0, 0.05) is 18.1 Å².